The number of hydrogen-bond acceptors (Lipinski definition) is 3. The van der Waals surface area contributed by atoms with Crippen molar-refractivity contribution in [3.8, 4) is 11.5 Å². The molecule has 0 saturated heterocycles. The number of halogens is 1. The fraction of sp³-hybridized carbons (Fsp3) is 0.571. The summed E-state index contributed by atoms with van der Waals surface area (Å²) in [6, 6.07) is 3.69. The lowest BCUT2D eigenvalue weighted by Crippen LogP contribution is -2.13. The van der Waals surface area contributed by atoms with E-state index < -0.39 is 0 Å². The summed E-state index contributed by atoms with van der Waals surface area (Å²) in [7, 11) is 1.62. The van der Waals surface area contributed by atoms with Gasteiger partial charge in [-0.15, -0.1) is 0 Å². The normalized spacial score (nSPS) is 17.8. The van der Waals surface area contributed by atoms with Gasteiger partial charge in [0.15, 0.2) is 11.5 Å². The molecule has 1 fully saturated rings. The molecular weight excluding hydrogens is 250 g/mol. The molecular formula is C14H20ClNO2. The lowest BCUT2D eigenvalue weighted by Gasteiger charge is -2.19. The van der Waals surface area contributed by atoms with Gasteiger partial charge >= 0.3 is 0 Å². The fourth-order valence-corrected chi connectivity index (χ4v) is 2.55. The first-order valence-corrected chi connectivity index (χ1v) is 6.79. The van der Waals surface area contributed by atoms with Crippen molar-refractivity contribution in [2.45, 2.75) is 44.8 Å². The summed E-state index contributed by atoms with van der Waals surface area (Å²) in [4.78, 5) is 0. The zero-order chi connectivity index (χ0) is 13.1. The summed E-state index contributed by atoms with van der Waals surface area (Å²) in [5.41, 5.74) is 6.82. The topological polar surface area (TPSA) is 44.5 Å². The fourth-order valence-electron chi connectivity index (χ4n) is 2.29. The number of nitrogens with two attached hydrogens (primary N) is 1. The van der Waals surface area contributed by atoms with Gasteiger partial charge in [-0.3, -0.25) is 0 Å². The Morgan fingerprint density at radius 1 is 1.33 bits per heavy atom. The van der Waals surface area contributed by atoms with Gasteiger partial charge < -0.3 is 15.2 Å². The van der Waals surface area contributed by atoms with Crippen LogP contribution in [0.5, 0.6) is 11.5 Å². The lowest BCUT2D eigenvalue weighted by molar-refractivity contribution is 0.201. The lowest BCUT2D eigenvalue weighted by atomic mass is 10.1. The van der Waals surface area contributed by atoms with E-state index in [1.165, 1.54) is 12.8 Å². The van der Waals surface area contributed by atoms with Crippen LogP contribution in [-0.2, 0) is 0 Å². The first-order valence-electron chi connectivity index (χ1n) is 6.41. The van der Waals surface area contributed by atoms with Gasteiger partial charge in [-0.05, 0) is 50.3 Å². The van der Waals surface area contributed by atoms with E-state index in [-0.39, 0.29) is 12.1 Å². The number of rotatable bonds is 4. The molecule has 0 radical (unpaired) electrons. The number of methoxy groups -OCH3 is 1. The second-order valence-corrected chi connectivity index (χ2v) is 5.25. The van der Waals surface area contributed by atoms with Crippen LogP contribution in [0.1, 0.15) is 44.2 Å². The van der Waals surface area contributed by atoms with Gasteiger partial charge in [0, 0.05) is 6.04 Å². The number of benzene rings is 1. The molecule has 0 heterocycles. The maximum Gasteiger partial charge on any atom is 0.180 e. The van der Waals surface area contributed by atoms with Crippen LogP contribution in [0.3, 0.4) is 0 Å². The number of hydrogen-bond donors (Lipinski definition) is 1. The molecule has 0 amide bonds. The van der Waals surface area contributed by atoms with Crippen molar-refractivity contribution in [2.24, 2.45) is 5.73 Å². The van der Waals surface area contributed by atoms with Crippen LogP contribution in [0.4, 0.5) is 0 Å². The van der Waals surface area contributed by atoms with E-state index in [9.17, 15) is 0 Å². The minimum absolute atomic E-state index is 0.0723. The summed E-state index contributed by atoms with van der Waals surface area (Å²) in [6.07, 6.45) is 4.89. The number of ether oxygens (including phenoxy) is 2. The Bertz CT molecular complexity index is 415. The summed E-state index contributed by atoms with van der Waals surface area (Å²) >= 11 is 6.28. The van der Waals surface area contributed by atoms with Crippen molar-refractivity contribution in [1.29, 1.82) is 0 Å². The summed E-state index contributed by atoms with van der Waals surface area (Å²) in [5, 5.41) is 0.577. The largest absolute Gasteiger partial charge is 0.493 e. The van der Waals surface area contributed by atoms with Crippen molar-refractivity contribution in [1.82, 2.24) is 0 Å². The standard InChI is InChI=1S/C14H20ClNO2/c1-9(16)10-7-12(15)14(13(8-10)17-2)18-11-5-3-4-6-11/h7-9,11H,3-6,16H2,1-2H3. The van der Waals surface area contributed by atoms with Crippen LogP contribution in [0.2, 0.25) is 5.02 Å². The average molecular weight is 270 g/mol. The molecule has 1 saturated carbocycles. The molecule has 1 unspecified atom stereocenters. The molecule has 1 aliphatic rings. The highest BCUT2D eigenvalue weighted by molar-refractivity contribution is 6.32. The zero-order valence-corrected chi connectivity index (χ0v) is 11.7. The van der Waals surface area contributed by atoms with Crippen molar-refractivity contribution in [3.05, 3.63) is 22.7 Å². The third kappa shape index (κ3) is 2.90. The Hall–Kier alpha value is -0.930. The van der Waals surface area contributed by atoms with E-state index in [2.05, 4.69) is 0 Å². The van der Waals surface area contributed by atoms with Crippen molar-refractivity contribution in [2.75, 3.05) is 7.11 Å². The minimum atomic E-state index is -0.0723. The monoisotopic (exact) mass is 269 g/mol. The predicted octanol–water partition coefficient (Wildman–Crippen LogP) is 3.69. The molecule has 1 aliphatic carbocycles. The van der Waals surface area contributed by atoms with Gasteiger partial charge in [0.25, 0.3) is 0 Å². The van der Waals surface area contributed by atoms with Crippen LogP contribution in [0.15, 0.2) is 12.1 Å². The first-order chi connectivity index (χ1) is 8.61. The molecule has 100 valence electrons. The van der Waals surface area contributed by atoms with Gasteiger partial charge in [-0.25, -0.2) is 0 Å². The van der Waals surface area contributed by atoms with E-state index in [0.29, 0.717) is 16.5 Å². The SMILES string of the molecule is COc1cc(C(C)N)cc(Cl)c1OC1CCCC1. The second-order valence-electron chi connectivity index (χ2n) is 4.85. The van der Waals surface area contributed by atoms with Gasteiger partial charge in [-0.2, -0.15) is 0 Å². The van der Waals surface area contributed by atoms with E-state index in [0.717, 1.165) is 18.4 Å². The molecule has 4 heteroatoms. The molecule has 2 N–H and O–H groups in total. The average Bonchev–Trinajstić information content (AvgIpc) is 2.84. The van der Waals surface area contributed by atoms with E-state index >= 15 is 0 Å². The minimum Gasteiger partial charge on any atom is -0.493 e. The highest BCUT2D eigenvalue weighted by atomic mass is 35.5. The molecule has 1 aromatic rings. The van der Waals surface area contributed by atoms with Gasteiger partial charge in [0.05, 0.1) is 18.2 Å². The summed E-state index contributed by atoms with van der Waals surface area (Å²) in [6.45, 7) is 1.92. The molecule has 0 aromatic heterocycles. The van der Waals surface area contributed by atoms with E-state index in [1.54, 1.807) is 7.11 Å². The Kier molecular flexibility index (Phi) is 4.36. The van der Waals surface area contributed by atoms with Gasteiger partial charge in [0.2, 0.25) is 0 Å². The predicted molar refractivity (Wildman–Crippen MR) is 73.5 cm³/mol. The molecule has 0 spiro atoms. The molecule has 3 nitrogen and oxygen atoms in total. The first kappa shape index (κ1) is 13.5. The highest BCUT2D eigenvalue weighted by Crippen LogP contribution is 2.39. The maximum atomic E-state index is 6.28. The van der Waals surface area contributed by atoms with Crippen LogP contribution in [-0.4, -0.2) is 13.2 Å². The van der Waals surface area contributed by atoms with E-state index in [1.807, 2.05) is 19.1 Å². The van der Waals surface area contributed by atoms with Gasteiger partial charge in [-0.1, -0.05) is 11.6 Å². The molecule has 0 aliphatic heterocycles. The summed E-state index contributed by atoms with van der Waals surface area (Å²) in [5.74, 6) is 1.32. The van der Waals surface area contributed by atoms with Crippen LogP contribution >= 0.6 is 11.6 Å². The Morgan fingerprint density at radius 3 is 2.56 bits per heavy atom. The van der Waals surface area contributed by atoms with Crippen molar-refractivity contribution < 1.29 is 9.47 Å². The molecule has 1 atom stereocenters. The zero-order valence-electron chi connectivity index (χ0n) is 10.9. The van der Waals surface area contributed by atoms with Crippen molar-refractivity contribution >= 4 is 11.6 Å². The Labute approximate surface area is 113 Å². The van der Waals surface area contributed by atoms with Crippen LogP contribution < -0.4 is 15.2 Å². The maximum absolute atomic E-state index is 6.28. The molecule has 2 rings (SSSR count). The molecule has 0 bridgehead atoms. The van der Waals surface area contributed by atoms with Crippen molar-refractivity contribution in [3.63, 3.8) is 0 Å². The van der Waals surface area contributed by atoms with Crippen LogP contribution in [0.25, 0.3) is 0 Å². The Balaban J connectivity index is 2.27. The summed E-state index contributed by atoms with van der Waals surface area (Å²) < 4.78 is 11.3. The third-order valence-electron chi connectivity index (χ3n) is 3.36. The molecule has 18 heavy (non-hydrogen) atoms. The second kappa shape index (κ2) is 5.81. The van der Waals surface area contributed by atoms with E-state index in [4.69, 9.17) is 26.8 Å². The quantitative estimate of drug-likeness (QED) is 0.907. The van der Waals surface area contributed by atoms with Gasteiger partial charge in [0.1, 0.15) is 0 Å². The molecule has 1 aromatic carbocycles. The Morgan fingerprint density at radius 2 is 2.00 bits per heavy atom. The highest BCUT2D eigenvalue weighted by Gasteiger charge is 2.21. The third-order valence-corrected chi connectivity index (χ3v) is 3.65. The smallest absolute Gasteiger partial charge is 0.180 e. The van der Waals surface area contributed by atoms with Crippen LogP contribution in [0, 0.1) is 0 Å².